The molecule has 1 aromatic heterocycles. The Kier molecular flexibility index (Phi) is 5.09. The molecule has 0 aliphatic carbocycles. The summed E-state index contributed by atoms with van der Waals surface area (Å²) in [7, 11) is 2.99. The smallest absolute Gasteiger partial charge is 0.325 e. The van der Waals surface area contributed by atoms with E-state index in [2.05, 4.69) is 30.3 Å². The molecule has 8 heteroatoms. The minimum atomic E-state index is -0.409. The van der Waals surface area contributed by atoms with Crippen LogP contribution < -0.4 is 15.4 Å². The molecular formula is C10H17N5O3. The van der Waals surface area contributed by atoms with E-state index in [-0.39, 0.29) is 24.6 Å². The van der Waals surface area contributed by atoms with Crippen molar-refractivity contribution in [3.05, 3.63) is 0 Å². The average molecular weight is 255 g/mol. The van der Waals surface area contributed by atoms with Crippen molar-refractivity contribution in [2.75, 3.05) is 31.3 Å². The van der Waals surface area contributed by atoms with Gasteiger partial charge in [-0.2, -0.15) is 15.0 Å². The minimum Gasteiger partial charge on any atom is -0.468 e. The summed E-state index contributed by atoms with van der Waals surface area (Å²) in [5, 5.41) is 5.51. The molecule has 0 bridgehead atoms. The molecule has 0 saturated carbocycles. The second-order valence-corrected chi connectivity index (χ2v) is 3.61. The first-order valence-corrected chi connectivity index (χ1v) is 5.46. The summed E-state index contributed by atoms with van der Waals surface area (Å²) in [4.78, 5) is 23.1. The van der Waals surface area contributed by atoms with Gasteiger partial charge in [0.25, 0.3) is 0 Å². The highest BCUT2D eigenvalue weighted by atomic mass is 16.5. The van der Waals surface area contributed by atoms with E-state index in [0.717, 1.165) is 0 Å². The molecule has 2 N–H and O–H groups in total. The molecule has 0 aliphatic rings. The third kappa shape index (κ3) is 4.40. The Bertz CT molecular complexity index is 410. The quantitative estimate of drug-likeness (QED) is 0.700. The lowest BCUT2D eigenvalue weighted by atomic mass is 10.5. The highest BCUT2D eigenvalue weighted by Crippen LogP contribution is 2.11. The summed E-state index contributed by atoms with van der Waals surface area (Å²) in [6.45, 7) is 3.71. The van der Waals surface area contributed by atoms with E-state index in [1.807, 2.05) is 13.8 Å². The lowest BCUT2D eigenvalue weighted by Gasteiger charge is -2.10. The largest absolute Gasteiger partial charge is 0.468 e. The zero-order valence-corrected chi connectivity index (χ0v) is 10.9. The standard InChI is InChI=1S/C10H17N5O3/c1-6(2)18-10-14-8(11-3)13-9(15-10)12-5-7(16)17-4/h6H,5H2,1-4H3,(H2,11,12,13,14,15). The summed E-state index contributed by atoms with van der Waals surface area (Å²) in [5.41, 5.74) is 0. The maximum absolute atomic E-state index is 11.0. The van der Waals surface area contributed by atoms with Crippen molar-refractivity contribution in [3.8, 4) is 6.01 Å². The summed E-state index contributed by atoms with van der Waals surface area (Å²) >= 11 is 0. The Morgan fingerprint density at radius 1 is 1.28 bits per heavy atom. The maximum atomic E-state index is 11.0. The Balaban J connectivity index is 2.79. The van der Waals surface area contributed by atoms with Crippen LogP contribution in [0.3, 0.4) is 0 Å². The third-order valence-corrected chi connectivity index (χ3v) is 1.80. The van der Waals surface area contributed by atoms with Crippen LogP contribution in [0.5, 0.6) is 6.01 Å². The van der Waals surface area contributed by atoms with Crippen LogP contribution in [0.2, 0.25) is 0 Å². The van der Waals surface area contributed by atoms with Crippen LogP contribution in [-0.2, 0) is 9.53 Å². The predicted octanol–water partition coefficient (Wildman–Crippen LogP) is 0.285. The first kappa shape index (κ1) is 13.9. The van der Waals surface area contributed by atoms with Crippen molar-refractivity contribution in [3.63, 3.8) is 0 Å². The number of methoxy groups -OCH3 is 1. The Morgan fingerprint density at radius 2 is 1.94 bits per heavy atom. The molecule has 0 unspecified atom stereocenters. The number of esters is 1. The zero-order valence-electron chi connectivity index (χ0n) is 10.9. The van der Waals surface area contributed by atoms with Gasteiger partial charge in [-0.1, -0.05) is 0 Å². The van der Waals surface area contributed by atoms with Crippen LogP contribution in [0.15, 0.2) is 0 Å². The summed E-state index contributed by atoms with van der Waals surface area (Å²) in [6.07, 6.45) is -0.0504. The van der Waals surface area contributed by atoms with Gasteiger partial charge in [0.05, 0.1) is 13.2 Å². The number of nitrogens with zero attached hydrogens (tertiary/aromatic N) is 3. The summed E-state index contributed by atoms with van der Waals surface area (Å²) < 4.78 is 9.88. The highest BCUT2D eigenvalue weighted by molar-refractivity contribution is 5.74. The van der Waals surface area contributed by atoms with Gasteiger partial charge in [-0.05, 0) is 13.8 Å². The molecule has 1 rings (SSSR count). The Morgan fingerprint density at radius 3 is 2.50 bits per heavy atom. The third-order valence-electron chi connectivity index (χ3n) is 1.80. The molecule has 1 aromatic rings. The van der Waals surface area contributed by atoms with Crippen molar-refractivity contribution >= 4 is 17.9 Å². The molecule has 8 nitrogen and oxygen atoms in total. The van der Waals surface area contributed by atoms with Gasteiger partial charge in [-0.3, -0.25) is 4.79 Å². The normalized spacial score (nSPS) is 10.1. The van der Waals surface area contributed by atoms with Gasteiger partial charge < -0.3 is 20.1 Å². The van der Waals surface area contributed by atoms with Gasteiger partial charge >= 0.3 is 12.0 Å². The minimum absolute atomic E-state index is 0.0230. The SMILES string of the molecule is CNc1nc(NCC(=O)OC)nc(OC(C)C)n1. The maximum Gasteiger partial charge on any atom is 0.325 e. The van der Waals surface area contributed by atoms with Crippen LogP contribution in [0.1, 0.15) is 13.8 Å². The Labute approximate surface area is 105 Å². The summed E-state index contributed by atoms with van der Waals surface area (Å²) in [5.74, 6) is 0.191. The van der Waals surface area contributed by atoms with Gasteiger partial charge in [-0.25, -0.2) is 0 Å². The fourth-order valence-electron chi connectivity index (χ4n) is 1.03. The molecule has 0 spiro atoms. The van der Waals surface area contributed by atoms with Gasteiger partial charge in [0, 0.05) is 7.05 Å². The summed E-state index contributed by atoms with van der Waals surface area (Å²) in [6, 6.07) is 0.191. The van der Waals surface area contributed by atoms with Crippen molar-refractivity contribution in [1.82, 2.24) is 15.0 Å². The van der Waals surface area contributed by atoms with Gasteiger partial charge in [0.15, 0.2) is 0 Å². The van der Waals surface area contributed by atoms with E-state index >= 15 is 0 Å². The number of hydrogen-bond acceptors (Lipinski definition) is 8. The molecule has 0 aliphatic heterocycles. The van der Waals surface area contributed by atoms with E-state index < -0.39 is 5.97 Å². The van der Waals surface area contributed by atoms with Gasteiger partial charge in [-0.15, -0.1) is 0 Å². The van der Waals surface area contributed by atoms with Crippen LogP contribution in [0.4, 0.5) is 11.9 Å². The molecule has 0 saturated heterocycles. The Hall–Kier alpha value is -2.12. The molecule has 100 valence electrons. The number of rotatable bonds is 6. The average Bonchev–Trinajstić information content (AvgIpc) is 2.34. The number of aromatic nitrogens is 3. The second-order valence-electron chi connectivity index (χ2n) is 3.61. The highest BCUT2D eigenvalue weighted by Gasteiger charge is 2.09. The first-order chi connectivity index (χ1) is 8.55. The number of hydrogen-bond donors (Lipinski definition) is 2. The van der Waals surface area contributed by atoms with Crippen LogP contribution >= 0.6 is 0 Å². The van der Waals surface area contributed by atoms with Crippen molar-refractivity contribution in [2.24, 2.45) is 0 Å². The molecule has 0 amide bonds. The number of anilines is 2. The fraction of sp³-hybridized carbons (Fsp3) is 0.600. The fourth-order valence-corrected chi connectivity index (χ4v) is 1.03. The van der Waals surface area contributed by atoms with Gasteiger partial charge in [0.1, 0.15) is 6.54 Å². The molecule has 1 heterocycles. The lowest BCUT2D eigenvalue weighted by Crippen LogP contribution is -2.18. The topological polar surface area (TPSA) is 98.3 Å². The van der Waals surface area contributed by atoms with Crippen LogP contribution in [0.25, 0.3) is 0 Å². The van der Waals surface area contributed by atoms with E-state index in [9.17, 15) is 4.79 Å². The van der Waals surface area contributed by atoms with E-state index in [0.29, 0.717) is 5.95 Å². The number of ether oxygens (including phenoxy) is 2. The van der Waals surface area contributed by atoms with E-state index in [1.165, 1.54) is 7.11 Å². The monoisotopic (exact) mass is 255 g/mol. The number of carbonyl (C=O) groups excluding carboxylic acids is 1. The first-order valence-electron chi connectivity index (χ1n) is 5.46. The molecular weight excluding hydrogens is 238 g/mol. The zero-order chi connectivity index (χ0) is 13.5. The van der Waals surface area contributed by atoms with E-state index in [4.69, 9.17) is 4.74 Å². The molecule has 0 atom stereocenters. The van der Waals surface area contributed by atoms with Crippen molar-refractivity contribution in [2.45, 2.75) is 20.0 Å². The predicted molar refractivity (Wildman–Crippen MR) is 65.6 cm³/mol. The molecule has 0 aromatic carbocycles. The second kappa shape index (κ2) is 6.58. The van der Waals surface area contributed by atoms with Crippen LogP contribution in [0, 0.1) is 0 Å². The molecule has 0 radical (unpaired) electrons. The van der Waals surface area contributed by atoms with E-state index in [1.54, 1.807) is 7.05 Å². The lowest BCUT2D eigenvalue weighted by molar-refractivity contribution is -0.138. The van der Waals surface area contributed by atoms with Gasteiger partial charge in [0.2, 0.25) is 11.9 Å². The molecule has 0 fully saturated rings. The van der Waals surface area contributed by atoms with Crippen molar-refractivity contribution in [1.29, 1.82) is 0 Å². The van der Waals surface area contributed by atoms with Crippen molar-refractivity contribution < 1.29 is 14.3 Å². The number of nitrogens with one attached hydrogen (secondary N) is 2. The van der Waals surface area contributed by atoms with Crippen LogP contribution in [-0.4, -0.2) is 47.7 Å². The number of carbonyl (C=O) groups is 1. The molecule has 18 heavy (non-hydrogen) atoms.